The molecule has 2 aromatic carbocycles. The van der Waals surface area contributed by atoms with Crippen molar-refractivity contribution in [2.75, 3.05) is 25.3 Å². The summed E-state index contributed by atoms with van der Waals surface area (Å²) >= 11 is 0. The van der Waals surface area contributed by atoms with E-state index in [2.05, 4.69) is 5.32 Å². The Hall–Kier alpha value is -2.89. The lowest BCUT2D eigenvalue weighted by Crippen LogP contribution is -2.11. The monoisotopic (exact) mass is 287 g/mol. The Bertz CT molecular complexity index is 671. The molecule has 6 nitrogen and oxygen atoms in total. The SMILES string of the molecule is COc1ccc(OC)c(Nc2cc(C(N)=O)ccc2N)c1. The zero-order valence-electron chi connectivity index (χ0n) is 11.8. The van der Waals surface area contributed by atoms with Crippen molar-refractivity contribution in [2.24, 2.45) is 5.73 Å². The number of anilines is 3. The molecule has 0 radical (unpaired) electrons. The summed E-state index contributed by atoms with van der Waals surface area (Å²) < 4.78 is 10.5. The van der Waals surface area contributed by atoms with Gasteiger partial charge in [-0.2, -0.15) is 0 Å². The average Bonchev–Trinajstić information content (AvgIpc) is 2.49. The van der Waals surface area contributed by atoms with E-state index in [0.717, 1.165) is 0 Å². The van der Waals surface area contributed by atoms with E-state index in [1.165, 1.54) is 0 Å². The molecule has 0 spiro atoms. The zero-order valence-corrected chi connectivity index (χ0v) is 11.8. The number of carbonyl (C=O) groups is 1. The largest absolute Gasteiger partial charge is 0.497 e. The number of methoxy groups -OCH3 is 2. The van der Waals surface area contributed by atoms with Gasteiger partial charge in [-0.3, -0.25) is 4.79 Å². The van der Waals surface area contributed by atoms with Crippen molar-refractivity contribution in [3.63, 3.8) is 0 Å². The molecule has 0 saturated carbocycles. The van der Waals surface area contributed by atoms with Crippen LogP contribution in [0.5, 0.6) is 11.5 Å². The fraction of sp³-hybridized carbons (Fsp3) is 0.133. The van der Waals surface area contributed by atoms with Crippen LogP contribution in [-0.2, 0) is 0 Å². The number of ether oxygens (including phenoxy) is 2. The third-order valence-corrected chi connectivity index (χ3v) is 3.01. The molecule has 2 rings (SSSR count). The highest BCUT2D eigenvalue weighted by molar-refractivity contribution is 5.95. The van der Waals surface area contributed by atoms with E-state index in [-0.39, 0.29) is 0 Å². The van der Waals surface area contributed by atoms with E-state index < -0.39 is 5.91 Å². The van der Waals surface area contributed by atoms with Crippen LogP contribution in [0.2, 0.25) is 0 Å². The number of hydrogen-bond acceptors (Lipinski definition) is 5. The molecule has 0 aliphatic rings. The number of nitrogen functional groups attached to an aromatic ring is 1. The minimum Gasteiger partial charge on any atom is -0.497 e. The van der Waals surface area contributed by atoms with Crippen LogP contribution in [-0.4, -0.2) is 20.1 Å². The van der Waals surface area contributed by atoms with Crippen molar-refractivity contribution in [2.45, 2.75) is 0 Å². The van der Waals surface area contributed by atoms with Crippen molar-refractivity contribution in [3.05, 3.63) is 42.0 Å². The van der Waals surface area contributed by atoms with Crippen LogP contribution in [0.1, 0.15) is 10.4 Å². The van der Waals surface area contributed by atoms with E-state index in [4.69, 9.17) is 20.9 Å². The quantitative estimate of drug-likeness (QED) is 0.731. The van der Waals surface area contributed by atoms with Crippen molar-refractivity contribution in [3.8, 4) is 11.5 Å². The van der Waals surface area contributed by atoms with Gasteiger partial charge >= 0.3 is 0 Å². The topological polar surface area (TPSA) is 99.6 Å². The van der Waals surface area contributed by atoms with Gasteiger partial charge in [0.15, 0.2) is 0 Å². The lowest BCUT2D eigenvalue weighted by atomic mass is 10.1. The van der Waals surface area contributed by atoms with Crippen molar-refractivity contribution < 1.29 is 14.3 Å². The van der Waals surface area contributed by atoms with Crippen molar-refractivity contribution in [1.82, 2.24) is 0 Å². The van der Waals surface area contributed by atoms with Gasteiger partial charge in [0, 0.05) is 11.6 Å². The number of hydrogen-bond donors (Lipinski definition) is 3. The molecule has 0 aromatic heterocycles. The van der Waals surface area contributed by atoms with Gasteiger partial charge in [-0.1, -0.05) is 0 Å². The van der Waals surface area contributed by atoms with Crippen molar-refractivity contribution >= 4 is 23.0 Å². The molecule has 0 heterocycles. The van der Waals surface area contributed by atoms with Crippen LogP contribution in [0.4, 0.5) is 17.1 Å². The number of benzene rings is 2. The summed E-state index contributed by atoms with van der Waals surface area (Å²) in [6, 6.07) is 10.1. The summed E-state index contributed by atoms with van der Waals surface area (Å²) in [5, 5.41) is 3.12. The normalized spacial score (nSPS) is 10.0. The Kier molecular flexibility index (Phi) is 4.18. The van der Waals surface area contributed by atoms with Gasteiger partial charge in [0.05, 0.1) is 31.3 Å². The maximum Gasteiger partial charge on any atom is 0.248 e. The number of primary amides is 1. The molecule has 0 aliphatic heterocycles. The van der Waals surface area contributed by atoms with E-state index in [0.29, 0.717) is 34.1 Å². The highest BCUT2D eigenvalue weighted by atomic mass is 16.5. The third-order valence-electron chi connectivity index (χ3n) is 3.01. The molecule has 6 heteroatoms. The summed E-state index contributed by atoms with van der Waals surface area (Å²) in [4.78, 5) is 11.2. The molecule has 0 unspecified atom stereocenters. The Labute approximate surface area is 122 Å². The number of amides is 1. The average molecular weight is 287 g/mol. The van der Waals surface area contributed by atoms with E-state index in [9.17, 15) is 4.79 Å². The van der Waals surface area contributed by atoms with E-state index in [1.807, 2.05) is 0 Å². The van der Waals surface area contributed by atoms with Gasteiger partial charge in [0.25, 0.3) is 0 Å². The number of rotatable bonds is 5. The molecule has 21 heavy (non-hydrogen) atoms. The highest BCUT2D eigenvalue weighted by Crippen LogP contribution is 2.33. The Morgan fingerprint density at radius 1 is 1.05 bits per heavy atom. The second-order valence-electron chi connectivity index (χ2n) is 4.36. The first-order valence-electron chi connectivity index (χ1n) is 6.23. The summed E-state index contributed by atoms with van der Waals surface area (Å²) in [6.45, 7) is 0. The molecule has 2 aromatic rings. The first-order valence-corrected chi connectivity index (χ1v) is 6.23. The molecule has 5 N–H and O–H groups in total. The second kappa shape index (κ2) is 6.04. The summed E-state index contributed by atoms with van der Waals surface area (Å²) in [5.74, 6) is 0.776. The summed E-state index contributed by atoms with van der Waals surface area (Å²) in [7, 11) is 3.14. The summed E-state index contributed by atoms with van der Waals surface area (Å²) in [5.41, 5.74) is 13.3. The fourth-order valence-electron chi connectivity index (χ4n) is 1.87. The predicted molar refractivity (Wildman–Crippen MR) is 82.2 cm³/mol. The predicted octanol–water partition coefficient (Wildman–Crippen LogP) is 2.13. The first kappa shape index (κ1) is 14.5. The van der Waals surface area contributed by atoms with E-state index >= 15 is 0 Å². The van der Waals surface area contributed by atoms with E-state index in [1.54, 1.807) is 50.6 Å². The lowest BCUT2D eigenvalue weighted by molar-refractivity contribution is 0.100. The highest BCUT2D eigenvalue weighted by Gasteiger charge is 2.09. The van der Waals surface area contributed by atoms with Crippen LogP contribution in [0, 0.1) is 0 Å². The van der Waals surface area contributed by atoms with Gasteiger partial charge in [-0.25, -0.2) is 0 Å². The number of carbonyl (C=O) groups excluding carboxylic acids is 1. The minimum absolute atomic E-state index is 0.369. The molecular formula is C15H17N3O3. The Morgan fingerprint density at radius 3 is 2.43 bits per heavy atom. The second-order valence-corrected chi connectivity index (χ2v) is 4.36. The third kappa shape index (κ3) is 3.17. The minimum atomic E-state index is -0.518. The molecule has 110 valence electrons. The molecule has 0 fully saturated rings. The Morgan fingerprint density at radius 2 is 1.81 bits per heavy atom. The molecule has 0 bridgehead atoms. The molecule has 0 saturated heterocycles. The summed E-state index contributed by atoms with van der Waals surface area (Å²) in [6.07, 6.45) is 0. The van der Waals surface area contributed by atoms with Gasteiger partial charge in [-0.05, 0) is 30.3 Å². The number of nitrogens with one attached hydrogen (secondary N) is 1. The Balaban J connectivity index is 2.41. The zero-order chi connectivity index (χ0) is 15.4. The van der Waals surface area contributed by atoms with Gasteiger partial charge in [0.2, 0.25) is 5.91 Å². The van der Waals surface area contributed by atoms with Crippen LogP contribution in [0.25, 0.3) is 0 Å². The maximum atomic E-state index is 11.2. The molecule has 0 aliphatic carbocycles. The molecular weight excluding hydrogens is 270 g/mol. The lowest BCUT2D eigenvalue weighted by Gasteiger charge is -2.14. The van der Waals surface area contributed by atoms with Crippen LogP contribution in [0.3, 0.4) is 0 Å². The van der Waals surface area contributed by atoms with Gasteiger partial charge in [0.1, 0.15) is 11.5 Å². The van der Waals surface area contributed by atoms with Crippen LogP contribution >= 0.6 is 0 Å². The van der Waals surface area contributed by atoms with Crippen molar-refractivity contribution in [1.29, 1.82) is 0 Å². The standard InChI is InChI=1S/C15H17N3O3/c1-20-10-4-6-14(21-2)13(8-10)18-12-7-9(15(17)19)3-5-11(12)16/h3-8,18H,16H2,1-2H3,(H2,17,19). The van der Waals surface area contributed by atoms with Crippen LogP contribution < -0.4 is 26.3 Å². The molecule has 1 amide bonds. The first-order chi connectivity index (χ1) is 10.0. The van der Waals surface area contributed by atoms with Gasteiger partial charge in [-0.15, -0.1) is 0 Å². The number of nitrogens with two attached hydrogens (primary N) is 2. The van der Waals surface area contributed by atoms with Gasteiger partial charge < -0.3 is 26.3 Å². The van der Waals surface area contributed by atoms with Crippen LogP contribution in [0.15, 0.2) is 36.4 Å². The maximum absolute atomic E-state index is 11.2. The fourth-order valence-corrected chi connectivity index (χ4v) is 1.87. The molecule has 0 atom stereocenters. The smallest absolute Gasteiger partial charge is 0.248 e.